The fourth-order valence-corrected chi connectivity index (χ4v) is 1.23. The first-order valence-electron chi connectivity index (χ1n) is 4.46. The van der Waals surface area contributed by atoms with Crippen molar-refractivity contribution in [2.45, 2.75) is 45.8 Å². The van der Waals surface area contributed by atoms with Gasteiger partial charge in [0, 0.05) is 12.6 Å². The van der Waals surface area contributed by atoms with Gasteiger partial charge in [-0.1, -0.05) is 13.3 Å². The summed E-state index contributed by atoms with van der Waals surface area (Å²) in [6.45, 7) is 6.99. The van der Waals surface area contributed by atoms with E-state index in [2.05, 4.69) is 25.8 Å². The molecule has 0 aliphatic carbocycles. The summed E-state index contributed by atoms with van der Waals surface area (Å²) in [6.07, 6.45) is 2.22. The first kappa shape index (κ1) is 10.9. The van der Waals surface area contributed by atoms with Crippen LogP contribution in [-0.2, 0) is 0 Å². The van der Waals surface area contributed by atoms with Crippen LogP contribution >= 0.6 is 0 Å². The molecular formula is C9H21NO. The molecule has 2 heteroatoms. The summed E-state index contributed by atoms with van der Waals surface area (Å²) in [6, 6.07) is 0.592. The maximum Gasteiger partial charge on any atom is 0.0639 e. The van der Waals surface area contributed by atoms with Crippen LogP contribution in [0.5, 0.6) is 0 Å². The van der Waals surface area contributed by atoms with E-state index < -0.39 is 0 Å². The quantitative estimate of drug-likeness (QED) is 0.657. The van der Waals surface area contributed by atoms with Gasteiger partial charge in [-0.05, 0) is 27.3 Å². The fourth-order valence-electron chi connectivity index (χ4n) is 1.23. The smallest absolute Gasteiger partial charge is 0.0639 e. The van der Waals surface area contributed by atoms with E-state index in [0.29, 0.717) is 6.04 Å². The van der Waals surface area contributed by atoms with Crippen molar-refractivity contribution >= 4 is 0 Å². The molecule has 0 heterocycles. The van der Waals surface area contributed by atoms with E-state index in [9.17, 15) is 0 Å². The molecule has 0 aromatic rings. The predicted molar refractivity (Wildman–Crippen MR) is 48.7 cm³/mol. The van der Waals surface area contributed by atoms with Crippen molar-refractivity contribution in [2.75, 3.05) is 13.6 Å². The molecule has 0 amide bonds. The Kier molecular flexibility index (Phi) is 5.51. The Morgan fingerprint density at radius 1 is 1.36 bits per heavy atom. The molecule has 0 saturated heterocycles. The molecule has 0 aliphatic heterocycles. The standard InChI is InChI=1S/C9H21NO/c1-5-6-8(2)10(4)7-9(3)11/h8-9,11H,5-7H2,1-4H3/t8?,9-/m0/s1. The number of nitrogens with zero attached hydrogens (tertiary/aromatic N) is 1. The van der Waals surface area contributed by atoms with Crippen LogP contribution in [0.15, 0.2) is 0 Å². The Bertz CT molecular complexity index is 93.6. The second kappa shape index (κ2) is 5.56. The zero-order valence-electron chi connectivity index (χ0n) is 8.17. The molecule has 0 aliphatic rings. The summed E-state index contributed by atoms with van der Waals surface area (Å²) in [7, 11) is 2.06. The summed E-state index contributed by atoms with van der Waals surface area (Å²) in [5, 5.41) is 9.10. The van der Waals surface area contributed by atoms with Gasteiger partial charge >= 0.3 is 0 Å². The van der Waals surface area contributed by atoms with Crippen LogP contribution in [0, 0.1) is 0 Å². The summed E-state index contributed by atoms with van der Waals surface area (Å²) in [5.74, 6) is 0. The average Bonchev–Trinajstić information content (AvgIpc) is 1.86. The molecule has 0 radical (unpaired) electrons. The van der Waals surface area contributed by atoms with E-state index in [1.807, 2.05) is 6.92 Å². The minimum atomic E-state index is -0.209. The lowest BCUT2D eigenvalue weighted by molar-refractivity contribution is 0.118. The lowest BCUT2D eigenvalue weighted by Gasteiger charge is -2.25. The number of aliphatic hydroxyl groups is 1. The highest BCUT2D eigenvalue weighted by atomic mass is 16.3. The maximum absolute atomic E-state index is 9.10. The van der Waals surface area contributed by atoms with Crippen LogP contribution in [0.2, 0.25) is 0 Å². The number of aliphatic hydroxyl groups excluding tert-OH is 1. The SMILES string of the molecule is CCCC(C)N(C)C[C@H](C)O. The van der Waals surface area contributed by atoms with E-state index in [1.54, 1.807) is 0 Å². The minimum absolute atomic E-state index is 0.209. The third-order valence-electron chi connectivity index (χ3n) is 2.01. The molecule has 11 heavy (non-hydrogen) atoms. The second-order valence-corrected chi connectivity index (χ2v) is 3.43. The van der Waals surface area contributed by atoms with Gasteiger partial charge in [0.1, 0.15) is 0 Å². The molecule has 68 valence electrons. The average molecular weight is 159 g/mol. The zero-order valence-corrected chi connectivity index (χ0v) is 8.17. The fraction of sp³-hybridized carbons (Fsp3) is 1.00. The van der Waals surface area contributed by atoms with Crippen LogP contribution in [0.3, 0.4) is 0 Å². The summed E-state index contributed by atoms with van der Waals surface area (Å²) < 4.78 is 0. The highest BCUT2D eigenvalue weighted by molar-refractivity contribution is 4.64. The van der Waals surface area contributed by atoms with Crippen LogP contribution < -0.4 is 0 Å². The first-order chi connectivity index (χ1) is 5.07. The molecule has 0 bridgehead atoms. The van der Waals surface area contributed by atoms with E-state index >= 15 is 0 Å². The van der Waals surface area contributed by atoms with Crippen molar-refractivity contribution < 1.29 is 5.11 Å². The third-order valence-corrected chi connectivity index (χ3v) is 2.01. The van der Waals surface area contributed by atoms with Gasteiger partial charge in [-0.2, -0.15) is 0 Å². The summed E-state index contributed by atoms with van der Waals surface area (Å²) >= 11 is 0. The Balaban J connectivity index is 3.54. The normalized spacial score (nSPS) is 16.9. The van der Waals surface area contributed by atoms with Gasteiger partial charge in [0.05, 0.1) is 6.10 Å². The maximum atomic E-state index is 9.10. The first-order valence-corrected chi connectivity index (χ1v) is 4.46. The van der Waals surface area contributed by atoms with Gasteiger partial charge in [0.2, 0.25) is 0 Å². The van der Waals surface area contributed by atoms with Crippen molar-refractivity contribution in [2.24, 2.45) is 0 Å². The van der Waals surface area contributed by atoms with Crippen LogP contribution in [0.1, 0.15) is 33.6 Å². The van der Waals surface area contributed by atoms with Gasteiger partial charge in [-0.3, -0.25) is 0 Å². The zero-order chi connectivity index (χ0) is 8.85. The van der Waals surface area contributed by atoms with E-state index in [1.165, 1.54) is 12.8 Å². The topological polar surface area (TPSA) is 23.5 Å². The highest BCUT2D eigenvalue weighted by Crippen LogP contribution is 2.03. The summed E-state index contributed by atoms with van der Waals surface area (Å²) in [5.41, 5.74) is 0. The molecule has 1 N–H and O–H groups in total. The van der Waals surface area contributed by atoms with Gasteiger partial charge in [0.25, 0.3) is 0 Å². The van der Waals surface area contributed by atoms with Crippen molar-refractivity contribution in [3.8, 4) is 0 Å². The largest absolute Gasteiger partial charge is 0.392 e. The monoisotopic (exact) mass is 159 g/mol. The van der Waals surface area contributed by atoms with Crippen molar-refractivity contribution in [3.05, 3.63) is 0 Å². The Labute approximate surface area is 70.2 Å². The van der Waals surface area contributed by atoms with Gasteiger partial charge in [0.15, 0.2) is 0 Å². The van der Waals surface area contributed by atoms with E-state index in [4.69, 9.17) is 5.11 Å². The number of likely N-dealkylation sites (N-methyl/N-ethyl adjacent to an activating group) is 1. The summed E-state index contributed by atoms with van der Waals surface area (Å²) in [4.78, 5) is 2.20. The number of hydrogen-bond donors (Lipinski definition) is 1. The molecule has 0 aromatic carbocycles. The number of rotatable bonds is 5. The lowest BCUT2D eigenvalue weighted by Crippen LogP contribution is -2.34. The second-order valence-electron chi connectivity index (χ2n) is 3.43. The molecule has 0 rings (SSSR count). The van der Waals surface area contributed by atoms with Gasteiger partial charge < -0.3 is 10.0 Å². The van der Waals surface area contributed by atoms with Crippen LogP contribution in [0.4, 0.5) is 0 Å². The van der Waals surface area contributed by atoms with Crippen molar-refractivity contribution in [1.29, 1.82) is 0 Å². The Hall–Kier alpha value is -0.0800. The molecule has 0 aromatic heterocycles. The molecule has 0 fully saturated rings. The van der Waals surface area contributed by atoms with E-state index in [-0.39, 0.29) is 6.10 Å². The molecule has 2 nitrogen and oxygen atoms in total. The number of hydrogen-bond acceptors (Lipinski definition) is 2. The van der Waals surface area contributed by atoms with Gasteiger partial charge in [-0.15, -0.1) is 0 Å². The minimum Gasteiger partial charge on any atom is -0.392 e. The van der Waals surface area contributed by atoms with Crippen LogP contribution in [-0.4, -0.2) is 35.7 Å². The predicted octanol–water partition coefficient (Wildman–Crippen LogP) is 1.49. The highest BCUT2D eigenvalue weighted by Gasteiger charge is 2.09. The molecule has 0 spiro atoms. The lowest BCUT2D eigenvalue weighted by atomic mass is 10.1. The Morgan fingerprint density at radius 3 is 2.27 bits per heavy atom. The molecule has 1 unspecified atom stereocenters. The third kappa shape index (κ3) is 5.22. The van der Waals surface area contributed by atoms with E-state index in [0.717, 1.165) is 6.54 Å². The van der Waals surface area contributed by atoms with Gasteiger partial charge in [-0.25, -0.2) is 0 Å². The molecule has 2 atom stereocenters. The van der Waals surface area contributed by atoms with Crippen LogP contribution in [0.25, 0.3) is 0 Å². The van der Waals surface area contributed by atoms with Crippen molar-refractivity contribution in [3.63, 3.8) is 0 Å². The Morgan fingerprint density at radius 2 is 1.91 bits per heavy atom. The molecule has 0 saturated carbocycles. The molecular weight excluding hydrogens is 138 g/mol. The van der Waals surface area contributed by atoms with Crippen molar-refractivity contribution in [1.82, 2.24) is 4.90 Å².